The van der Waals surface area contributed by atoms with Crippen LogP contribution in [0.15, 0.2) is 49.1 Å². The summed E-state index contributed by atoms with van der Waals surface area (Å²) in [6.45, 7) is 0. The molecule has 0 aliphatic rings. The monoisotopic (exact) mass is 308 g/mol. The molecule has 3 heterocycles. The van der Waals surface area contributed by atoms with Gasteiger partial charge in [0.15, 0.2) is 0 Å². The first kappa shape index (κ1) is 14.2. The first-order chi connectivity index (χ1) is 10.4. The lowest BCUT2D eigenvalue weighted by Crippen LogP contribution is -2.07. The van der Waals surface area contributed by atoms with Crippen LogP contribution in [0.2, 0.25) is 0 Å². The van der Waals surface area contributed by atoms with Gasteiger partial charge in [-0.05, 0) is 12.1 Å². The molecule has 0 unspecified atom stereocenters. The molecule has 0 saturated heterocycles. The molecule has 112 valence electrons. The third-order valence-electron chi connectivity index (χ3n) is 2.87. The van der Waals surface area contributed by atoms with Crippen LogP contribution in [0.4, 0.5) is 17.6 Å². The number of pyridine rings is 2. The van der Waals surface area contributed by atoms with E-state index in [0.29, 0.717) is 11.3 Å². The van der Waals surface area contributed by atoms with Crippen LogP contribution in [0.25, 0.3) is 16.9 Å². The number of alkyl halides is 3. The number of rotatable bonds is 2. The standard InChI is InChI=1S/C14H8F4N4/c15-10-4-11(7-19-6-10)22-8-9(5-20-22)12-2-1-3-13(21-12)14(16,17)18/h1-8H. The van der Waals surface area contributed by atoms with Crippen molar-refractivity contribution in [2.75, 3.05) is 0 Å². The summed E-state index contributed by atoms with van der Waals surface area (Å²) >= 11 is 0. The maximum absolute atomic E-state index is 13.1. The first-order valence-electron chi connectivity index (χ1n) is 6.14. The molecule has 0 amide bonds. The summed E-state index contributed by atoms with van der Waals surface area (Å²) in [7, 11) is 0. The van der Waals surface area contributed by atoms with Crippen LogP contribution in [0.1, 0.15) is 5.69 Å². The van der Waals surface area contributed by atoms with Gasteiger partial charge >= 0.3 is 6.18 Å². The van der Waals surface area contributed by atoms with E-state index in [-0.39, 0.29) is 5.69 Å². The average molecular weight is 308 g/mol. The molecule has 22 heavy (non-hydrogen) atoms. The maximum atomic E-state index is 13.1. The highest BCUT2D eigenvalue weighted by molar-refractivity contribution is 5.57. The molecule has 0 fully saturated rings. The van der Waals surface area contributed by atoms with E-state index in [2.05, 4.69) is 15.1 Å². The Morgan fingerprint density at radius 1 is 1.05 bits per heavy atom. The van der Waals surface area contributed by atoms with Crippen LogP contribution in [0.5, 0.6) is 0 Å². The minimum absolute atomic E-state index is 0.130. The quantitative estimate of drug-likeness (QED) is 0.681. The molecule has 0 atom stereocenters. The third kappa shape index (κ3) is 2.80. The van der Waals surface area contributed by atoms with Gasteiger partial charge in [-0.25, -0.2) is 14.1 Å². The van der Waals surface area contributed by atoms with Gasteiger partial charge in [-0.2, -0.15) is 18.3 Å². The van der Waals surface area contributed by atoms with Crippen LogP contribution in [0, 0.1) is 5.82 Å². The van der Waals surface area contributed by atoms with E-state index in [0.717, 1.165) is 12.3 Å². The summed E-state index contributed by atoms with van der Waals surface area (Å²) in [6, 6.07) is 4.82. The summed E-state index contributed by atoms with van der Waals surface area (Å²) < 4.78 is 52.4. The molecule has 0 aliphatic heterocycles. The minimum Gasteiger partial charge on any atom is -0.259 e. The molecular formula is C14H8F4N4. The summed E-state index contributed by atoms with van der Waals surface area (Å²) in [5, 5.41) is 3.98. The Labute approximate surface area is 122 Å². The Morgan fingerprint density at radius 2 is 1.86 bits per heavy atom. The van der Waals surface area contributed by atoms with Gasteiger partial charge in [-0.1, -0.05) is 6.07 Å². The van der Waals surface area contributed by atoms with Crippen molar-refractivity contribution in [1.82, 2.24) is 19.7 Å². The van der Waals surface area contributed by atoms with Crippen molar-refractivity contribution in [3.63, 3.8) is 0 Å². The lowest BCUT2D eigenvalue weighted by molar-refractivity contribution is -0.141. The van der Waals surface area contributed by atoms with Gasteiger partial charge in [-0.15, -0.1) is 0 Å². The van der Waals surface area contributed by atoms with E-state index < -0.39 is 17.7 Å². The van der Waals surface area contributed by atoms with Crippen LogP contribution >= 0.6 is 0 Å². The highest BCUT2D eigenvalue weighted by Gasteiger charge is 2.32. The van der Waals surface area contributed by atoms with Crippen LogP contribution in [-0.4, -0.2) is 19.7 Å². The molecule has 0 radical (unpaired) electrons. The Morgan fingerprint density at radius 3 is 2.59 bits per heavy atom. The van der Waals surface area contributed by atoms with Gasteiger partial charge in [0.2, 0.25) is 0 Å². The zero-order valence-electron chi connectivity index (χ0n) is 10.9. The Bertz CT molecular complexity index is 810. The second-order valence-corrected chi connectivity index (χ2v) is 4.44. The lowest BCUT2D eigenvalue weighted by Gasteiger charge is -2.06. The van der Waals surface area contributed by atoms with Gasteiger partial charge in [0.25, 0.3) is 0 Å². The molecule has 0 N–H and O–H groups in total. The number of nitrogens with zero attached hydrogens (tertiary/aromatic N) is 4. The fourth-order valence-electron chi connectivity index (χ4n) is 1.88. The highest BCUT2D eigenvalue weighted by Crippen LogP contribution is 2.29. The molecule has 0 aliphatic carbocycles. The van der Waals surface area contributed by atoms with E-state index in [1.807, 2.05) is 0 Å². The van der Waals surface area contributed by atoms with Gasteiger partial charge in [0.05, 0.1) is 30.0 Å². The Balaban J connectivity index is 1.98. The largest absolute Gasteiger partial charge is 0.433 e. The molecule has 3 aromatic rings. The van der Waals surface area contributed by atoms with Crippen molar-refractivity contribution in [3.8, 4) is 16.9 Å². The number of hydrogen-bond acceptors (Lipinski definition) is 3. The molecule has 0 saturated carbocycles. The second-order valence-electron chi connectivity index (χ2n) is 4.44. The number of halogens is 4. The van der Waals surface area contributed by atoms with Crippen molar-refractivity contribution in [2.24, 2.45) is 0 Å². The summed E-state index contributed by atoms with van der Waals surface area (Å²) in [4.78, 5) is 7.26. The van der Waals surface area contributed by atoms with Crippen molar-refractivity contribution in [1.29, 1.82) is 0 Å². The van der Waals surface area contributed by atoms with Gasteiger partial charge in [-0.3, -0.25) is 4.98 Å². The topological polar surface area (TPSA) is 43.6 Å². The fraction of sp³-hybridized carbons (Fsp3) is 0.0714. The van der Waals surface area contributed by atoms with Crippen LogP contribution in [0.3, 0.4) is 0 Å². The van der Waals surface area contributed by atoms with E-state index in [1.54, 1.807) is 0 Å². The van der Waals surface area contributed by atoms with Crippen LogP contribution < -0.4 is 0 Å². The summed E-state index contributed by atoms with van der Waals surface area (Å²) in [5.41, 5.74) is -0.107. The highest BCUT2D eigenvalue weighted by atomic mass is 19.4. The summed E-state index contributed by atoms with van der Waals surface area (Å²) in [6.07, 6.45) is 0.729. The molecule has 4 nitrogen and oxygen atoms in total. The molecule has 0 bridgehead atoms. The third-order valence-corrected chi connectivity index (χ3v) is 2.87. The van der Waals surface area contributed by atoms with Crippen molar-refractivity contribution in [2.45, 2.75) is 6.18 Å². The lowest BCUT2D eigenvalue weighted by atomic mass is 10.2. The zero-order chi connectivity index (χ0) is 15.7. The molecular weight excluding hydrogens is 300 g/mol. The second kappa shape index (κ2) is 5.21. The number of hydrogen-bond donors (Lipinski definition) is 0. The van der Waals surface area contributed by atoms with Crippen molar-refractivity contribution < 1.29 is 17.6 Å². The van der Waals surface area contributed by atoms with E-state index in [1.165, 1.54) is 41.5 Å². The van der Waals surface area contributed by atoms with Gasteiger partial charge < -0.3 is 0 Å². The van der Waals surface area contributed by atoms with Crippen LogP contribution in [-0.2, 0) is 6.18 Å². The van der Waals surface area contributed by atoms with Gasteiger partial charge in [0.1, 0.15) is 11.5 Å². The van der Waals surface area contributed by atoms with Gasteiger partial charge in [0, 0.05) is 17.8 Å². The maximum Gasteiger partial charge on any atom is 0.433 e. The molecule has 8 heteroatoms. The van der Waals surface area contributed by atoms with Crippen molar-refractivity contribution >= 4 is 0 Å². The predicted molar refractivity (Wildman–Crippen MR) is 69.6 cm³/mol. The van der Waals surface area contributed by atoms with Crippen molar-refractivity contribution in [3.05, 3.63) is 60.6 Å². The smallest absolute Gasteiger partial charge is 0.259 e. The normalized spacial score (nSPS) is 11.6. The number of aromatic nitrogens is 4. The van der Waals surface area contributed by atoms with E-state index >= 15 is 0 Å². The average Bonchev–Trinajstić information content (AvgIpc) is 2.96. The van der Waals surface area contributed by atoms with E-state index in [4.69, 9.17) is 0 Å². The summed E-state index contributed by atoms with van der Waals surface area (Å²) in [5.74, 6) is -0.535. The molecule has 3 rings (SSSR count). The molecule has 0 aromatic carbocycles. The Kier molecular flexibility index (Phi) is 3.36. The van der Waals surface area contributed by atoms with E-state index in [9.17, 15) is 17.6 Å². The fourth-order valence-corrected chi connectivity index (χ4v) is 1.88. The zero-order valence-corrected chi connectivity index (χ0v) is 10.9. The SMILES string of the molecule is Fc1cncc(-n2cc(-c3cccc(C(F)(F)F)n3)cn2)c1. The molecule has 0 spiro atoms. The first-order valence-corrected chi connectivity index (χ1v) is 6.14. The minimum atomic E-state index is -4.52. The molecule has 3 aromatic heterocycles. The predicted octanol–water partition coefficient (Wildman–Crippen LogP) is 3.49. The Hall–Kier alpha value is -2.77.